The molecule has 2 aromatic carbocycles. The molecule has 0 aliphatic heterocycles. The highest BCUT2D eigenvalue weighted by atomic mass is 79.9. The smallest absolute Gasteiger partial charge is 0.277 e. The fraction of sp³-hybridized carbons (Fsp3) is 0.300. The van der Waals surface area contributed by atoms with Crippen LogP contribution in [0.2, 0.25) is 0 Å². The van der Waals surface area contributed by atoms with E-state index in [1.165, 1.54) is 5.56 Å². The van der Waals surface area contributed by atoms with Gasteiger partial charge in [-0.15, -0.1) is 0 Å². The van der Waals surface area contributed by atoms with Crippen molar-refractivity contribution in [1.82, 2.24) is 5.43 Å². The Kier molecular flexibility index (Phi) is 7.21. The Morgan fingerprint density at radius 1 is 1.27 bits per heavy atom. The predicted molar refractivity (Wildman–Crippen MR) is 107 cm³/mol. The van der Waals surface area contributed by atoms with Gasteiger partial charge in [-0.3, -0.25) is 4.79 Å². The molecule has 1 amide bonds. The Morgan fingerprint density at radius 2 is 2.04 bits per heavy atom. The third-order valence-electron chi connectivity index (χ3n) is 3.83. The Labute approximate surface area is 162 Å². The summed E-state index contributed by atoms with van der Waals surface area (Å²) in [5, 5.41) is 3.97. The molecule has 138 valence electrons. The SMILES string of the molecule is COc1ccc(Br)c(/C=N\NC(=O)COc2cc(C(C)C)ccc2C)c1. The number of amides is 1. The van der Waals surface area contributed by atoms with Gasteiger partial charge in [0.25, 0.3) is 5.91 Å². The van der Waals surface area contributed by atoms with Gasteiger partial charge in [0.1, 0.15) is 11.5 Å². The van der Waals surface area contributed by atoms with E-state index in [0.717, 1.165) is 15.6 Å². The van der Waals surface area contributed by atoms with Crippen LogP contribution in [0.15, 0.2) is 46.0 Å². The van der Waals surface area contributed by atoms with Crippen molar-refractivity contribution in [1.29, 1.82) is 0 Å². The second-order valence-corrected chi connectivity index (χ2v) is 7.00. The maximum absolute atomic E-state index is 12.0. The molecule has 0 bridgehead atoms. The van der Waals surface area contributed by atoms with E-state index in [1.54, 1.807) is 13.3 Å². The molecule has 0 aliphatic carbocycles. The fourth-order valence-electron chi connectivity index (χ4n) is 2.23. The standard InChI is InChI=1S/C20H23BrN2O3/c1-13(2)15-6-5-14(3)19(10-15)26-12-20(24)23-22-11-16-9-17(25-4)7-8-18(16)21/h5-11,13H,12H2,1-4H3,(H,23,24)/b22-11-. The van der Waals surface area contributed by atoms with E-state index in [1.807, 2.05) is 37.3 Å². The topological polar surface area (TPSA) is 59.9 Å². The number of nitrogens with one attached hydrogen (secondary N) is 1. The van der Waals surface area contributed by atoms with E-state index in [0.29, 0.717) is 17.4 Å². The Balaban J connectivity index is 1.93. The number of carbonyl (C=O) groups excluding carboxylic acids is 1. The number of ether oxygens (including phenoxy) is 2. The number of methoxy groups -OCH3 is 1. The van der Waals surface area contributed by atoms with Crippen LogP contribution in [-0.2, 0) is 4.79 Å². The van der Waals surface area contributed by atoms with Crippen molar-refractivity contribution in [3.05, 3.63) is 57.6 Å². The van der Waals surface area contributed by atoms with Crippen LogP contribution >= 0.6 is 15.9 Å². The molecular formula is C20H23BrN2O3. The number of aryl methyl sites for hydroxylation is 1. The van der Waals surface area contributed by atoms with E-state index in [-0.39, 0.29) is 12.5 Å². The van der Waals surface area contributed by atoms with E-state index in [4.69, 9.17) is 9.47 Å². The molecule has 2 rings (SSSR count). The number of hydrogen-bond acceptors (Lipinski definition) is 4. The average molecular weight is 419 g/mol. The van der Waals surface area contributed by atoms with E-state index < -0.39 is 0 Å². The molecule has 2 aromatic rings. The van der Waals surface area contributed by atoms with Crippen LogP contribution < -0.4 is 14.9 Å². The number of halogens is 1. The molecule has 0 aromatic heterocycles. The van der Waals surface area contributed by atoms with Gasteiger partial charge in [0.15, 0.2) is 6.61 Å². The highest BCUT2D eigenvalue weighted by Gasteiger charge is 2.07. The number of hydrazone groups is 1. The van der Waals surface area contributed by atoms with E-state index >= 15 is 0 Å². The van der Waals surface area contributed by atoms with Gasteiger partial charge < -0.3 is 9.47 Å². The van der Waals surface area contributed by atoms with Gasteiger partial charge in [0.2, 0.25) is 0 Å². The lowest BCUT2D eigenvalue weighted by molar-refractivity contribution is -0.123. The number of nitrogens with zero attached hydrogens (tertiary/aromatic N) is 1. The number of hydrogen-bond donors (Lipinski definition) is 1. The van der Waals surface area contributed by atoms with Crippen LogP contribution in [-0.4, -0.2) is 25.8 Å². The second-order valence-electron chi connectivity index (χ2n) is 6.15. The number of benzene rings is 2. The van der Waals surface area contributed by atoms with Crippen molar-refractivity contribution in [2.45, 2.75) is 26.7 Å². The van der Waals surface area contributed by atoms with Gasteiger partial charge >= 0.3 is 0 Å². The minimum absolute atomic E-state index is 0.0982. The molecule has 5 nitrogen and oxygen atoms in total. The highest BCUT2D eigenvalue weighted by molar-refractivity contribution is 9.10. The summed E-state index contributed by atoms with van der Waals surface area (Å²) in [6.07, 6.45) is 1.55. The highest BCUT2D eigenvalue weighted by Crippen LogP contribution is 2.24. The monoisotopic (exact) mass is 418 g/mol. The first-order chi connectivity index (χ1) is 12.4. The Hall–Kier alpha value is -2.34. The van der Waals surface area contributed by atoms with Gasteiger partial charge in [0, 0.05) is 10.0 Å². The molecule has 0 atom stereocenters. The van der Waals surface area contributed by atoms with Crippen molar-refractivity contribution < 1.29 is 14.3 Å². The lowest BCUT2D eigenvalue weighted by Crippen LogP contribution is -2.24. The lowest BCUT2D eigenvalue weighted by atomic mass is 10.0. The molecule has 0 heterocycles. The summed E-state index contributed by atoms with van der Waals surface area (Å²) in [5.41, 5.74) is 5.43. The molecule has 0 saturated heterocycles. The summed E-state index contributed by atoms with van der Waals surface area (Å²) in [5.74, 6) is 1.50. The van der Waals surface area contributed by atoms with Gasteiger partial charge in [-0.2, -0.15) is 5.10 Å². The minimum Gasteiger partial charge on any atom is -0.497 e. The molecule has 26 heavy (non-hydrogen) atoms. The molecule has 0 aliphatic rings. The van der Waals surface area contributed by atoms with Crippen molar-refractivity contribution in [3.8, 4) is 11.5 Å². The van der Waals surface area contributed by atoms with Crippen LogP contribution in [0.3, 0.4) is 0 Å². The van der Waals surface area contributed by atoms with Gasteiger partial charge in [-0.05, 0) is 48.2 Å². The molecule has 0 unspecified atom stereocenters. The van der Waals surface area contributed by atoms with Crippen molar-refractivity contribution in [2.75, 3.05) is 13.7 Å². The maximum atomic E-state index is 12.0. The van der Waals surface area contributed by atoms with Gasteiger partial charge in [-0.1, -0.05) is 41.9 Å². The zero-order chi connectivity index (χ0) is 19.1. The van der Waals surface area contributed by atoms with Crippen LogP contribution in [0.25, 0.3) is 0 Å². The minimum atomic E-state index is -0.324. The number of rotatable bonds is 7. The third-order valence-corrected chi connectivity index (χ3v) is 4.56. The van der Waals surface area contributed by atoms with Crippen molar-refractivity contribution in [3.63, 3.8) is 0 Å². The largest absolute Gasteiger partial charge is 0.497 e. The normalized spacial score (nSPS) is 11.0. The molecule has 1 N–H and O–H groups in total. The van der Waals surface area contributed by atoms with Crippen molar-refractivity contribution >= 4 is 28.1 Å². The molecule has 0 saturated carbocycles. The second kappa shape index (κ2) is 9.38. The lowest BCUT2D eigenvalue weighted by Gasteiger charge is -2.12. The van der Waals surface area contributed by atoms with Gasteiger partial charge in [0.05, 0.1) is 13.3 Å². The molecule has 0 radical (unpaired) electrons. The number of carbonyl (C=O) groups is 1. The summed E-state index contributed by atoms with van der Waals surface area (Å²) in [7, 11) is 1.60. The summed E-state index contributed by atoms with van der Waals surface area (Å²) < 4.78 is 11.7. The molecule has 0 fully saturated rings. The first-order valence-electron chi connectivity index (χ1n) is 8.29. The average Bonchev–Trinajstić information content (AvgIpc) is 2.62. The third kappa shape index (κ3) is 5.59. The first kappa shape index (κ1) is 20.0. The van der Waals surface area contributed by atoms with E-state index in [2.05, 4.69) is 46.4 Å². The zero-order valence-electron chi connectivity index (χ0n) is 15.4. The summed E-state index contributed by atoms with van der Waals surface area (Å²) >= 11 is 3.43. The summed E-state index contributed by atoms with van der Waals surface area (Å²) in [4.78, 5) is 12.0. The fourth-order valence-corrected chi connectivity index (χ4v) is 2.58. The predicted octanol–water partition coefficient (Wildman–Crippen LogP) is 4.42. The Bertz CT molecular complexity index is 804. The summed E-state index contributed by atoms with van der Waals surface area (Å²) in [6, 6.07) is 11.6. The van der Waals surface area contributed by atoms with Gasteiger partial charge in [-0.25, -0.2) is 5.43 Å². The molecule has 0 spiro atoms. The first-order valence-corrected chi connectivity index (χ1v) is 9.08. The van der Waals surface area contributed by atoms with E-state index in [9.17, 15) is 4.79 Å². The van der Waals surface area contributed by atoms with Crippen molar-refractivity contribution in [2.24, 2.45) is 5.10 Å². The Morgan fingerprint density at radius 3 is 2.73 bits per heavy atom. The molecule has 6 heteroatoms. The maximum Gasteiger partial charge on any atom is 0.277 e. The summed E-state index contributed by atoms with van der Waals surface area (Å²) in [6.45, 7) is 6.09. The van der Waals surface area contributed by atoms with Crippen LogP contribution in [0, 0.1) is 6.92 Å². The van der Waals surface area contributed by atoms with Crippen LogP contribution in [0.4, 0.5) is 0 Å². The van der Waals surface area contributed by atoms with Crippen LogP contribution in [0.5, 0.6) is 11.5 Å². The van der Waals surface area contributed by atoms with Crippen LogP contribution in [0.1, 0.15) is 36.5 Å². The molecular weight excluding hydrogens is 396 g/mol. The zero-order valence-corrected chi connectivity index (χ0v) is 17.0. The quantitative estimate of drug-likeness (QED) is 0.534.